The molecule has 0 aliphatic carbocycles. The van der Waals surface area contributed by atoms with Gasteiger partial charge in [-0.1, -0.05) is 18.2 Å². The Morgan fingerprint density at radius 3 is 2.77 bits per heavy atom. The van der Waals surface area contributed by atoms with Gasteiger partial charge >= 0.3 is 0 Å². The summed E-state index contributed by atoms with van der Waals surface area (Å²) in [5, 5.41) is 3.45. The van der Waals surface area contributed by atoms with E-state index in [2.05, 4.69) is 51.4 Å². The van der Waals surface area contributed by atoms with Gasteiger partial charge < -0.3 is 20.9 Å². The van der Waals surface area contributed by atoms with E-state index < -0.39 is 0 Å². The molecule has 26 heavy (non-hydrogen) atoms. The molecule has 7 heteroatoms. The molecule has 1 amide bonds. The predicted molar refractivity (Wildman–Crippen MR) is 119 cm³/mol. The Hall–Kier alpha value is -1.51. The second kappa shape index (κ2) is 12.0. The molecule has 0 radical (unpaired) electrons. The van der Waals surface area contributed by atoms with Crippen LogP contribution in [0.4, 0.5) is 5.69 Å². The van der Waals surface area contributed by atoms with E-state index in [0.717, 1.165) is 51.4 Å². The zero-order chi connectivity index (χ0) is 18.1. The molecule has 0 spiro atoms. The Morgan fingerprint density at radius 2 is 2.12 bits per heavy atom. The highest BCUT2D eigenvalue weighted by molar-refractivity contribution is 14.0. The van der Waals surface area contributed by atoms with Crippen LogP contribution in [-0.4, -0.2) is 57.0 Å². The lowest BCUT2D eigenvalue weighted by atomic mass is 9.95. The second-order valence-electron chi connectivity index (χ2n) is 6.71. The molecule has 1 heterocycles. The lowest BCUT2D eigenvalue weighted by Gasteiger charge is -2.34. The van der Waals surface area contributed by atoms with Crippen molar-refractivity contribution in [3.8, 4) is 0 Å². The molecular weight excluding hydrogens is 441 g/mol. The lowest BCUT2D eigenvalue weighted by molar-refractivity contribution is -0.119. The van der Waals surface area contributed by atoms with Crippen LogP contribution in [0.2, 0.25) is 0 Å². The Kier molecular flexibility index (Phi) is 10.4. The van der Waals surface area contributed by atoms with E-state index in [-0.39, 0.29) is 29.9 Å². The van der Waals surface area contributed by atoms with Crippen molar-refractivity contribution >= 4 is 41.5 Å². The summed E-state index contributed by atoms with van der Waals surface area (Å²) in [6, 6.07) is 10.4. The second-order valence-corrected chi connectivity index (χ2v) is 6.71. The van der Waals surface area contributed by atoms with Crippen molar-refractivity contribution in [3.05, 3.63) is 30.3 Å². The summed E-state index contributed by atoms with van der Waals surface area (Å²) < 4.78 is 0. The number of anilines is 1. The first-order valence-electron chi connectivity index (χ1n) is 9.10. The third-order valence-electron chi connectivity index (χ3n) is 4.67. The average Bonchev–Trinajstić information content (AvgIpc) is 2.62. The Bertz CT molecular complexity index is 566. The number of guanidine groups is 1. The van der Waals surface area contributed by atoms with Crippen LogP contribution in [0.25, 0.3) is 0 Å². The van der Waals surface area contributed by atoms with Crippen molar-refractivity contribution in [3.63, 3.8) is 0 Å². The maximum Gasteiger partial charge on any atom is 0.217 e. The number of benzene rings is 1. The molecule has 0 bridgehead atoms. The van der Waals surface area contributed by atoms with Gasteiger partial charge in [-0.05, 0) is 37.3 Å². The molecule has 0 saturated carbocycles. The number of hydrogen-bond donors (Lipinski definition) is 2. The lowest BCUT2D eigenvalue weighted by Crippen LogP contribution is -2.47. The van der Waals surface area contributed by atoms with Crippen molar-refractivity contribution in [2.24, 2.45) is 16.6 Å². The Balaban J connectivity index is 0.00000338. The number of carbonyl (C=O) groups is 1. The van der Waals surface area contributed by atoms with Crippen molar-refractivity contribution in [1.82, 2.24) is 10.2 Å². The summed E-state index contributed by atoms with van der Waals surface area (Å²) in [6.45, 7) is 3.70. The molecular formula is C19H32IN5O. The fourth-order valence-electron chi connectivity index (χ4n) is 3.37. The SMILES string of the molecule is CN=C(NCCCN(C)c1ccccc1)N1CCCC(CC(N)=O)C1.I. The number of halogens is 1. The quantitative estimate of drug-likeness (QED) is 0.276. The molecule has 6 nitrogen and oxygen atoms in total. The van der Waals surface area contributed by atoms with Crippen LogP contribution in [0.1, 0.15) is 25.7 Å². The highest BCUT2D eigenvalue weighted by atomic mass is 127. The minimum Gasteiger partial charge on any atom is -0.375 e. The van der Waals surface area contributed by atoms with Gasteiger partial charge in [-0.15, -0.1) is 24.0 Å². The standard InChI is InChI=1S/C19H31N5O.HI/c1-21-19(24-13-6-8-16(15-24)14-18(20)25)22-11-7-12-23(2)17-9-4-3-5-10-17;/h3-5,9-10,16H,6-8,11-15H2,1-2H3,(H2,20,25)(H,21,22);1H. The molecule has 1 atom stereocenters. The number of piperidine rings is 1. The third kappa shape index (κ3) is 7.39. The van der Waals surface area contributed by atoms with Gasteiger partial charge in [0, 0.05) is 52.4 Å². The number of rotatable bonds is 7. The van der Waals surface area contributed by atoms with E-state index in [1.807, 2.05) is 13.1 Å². The minimum absolute atomic E-state index is 0. The molecule has 3 N–H and O–H groups in total. The fourth-order valence-corrected chi connectivity index (χ4v) is 3.37. The van der Waals surface area contributed by atoms with E-state index in [1.165, 1.54) is 5.69 Å². The molecule has 1 aromatic rings. The van der Waals surface area contributed by atoms with Crippen LogP contribution >= 0.6 is 24.0 Å². The number of nitrogens with zero attached hydrogens (tertiary/aromatic N) is 3. The number of hydrogen-bond acceptors (Lipinski definition) is 3. The maximum atomic E-state index is 11.2. The van der Waals surface area contributed by atoms with Crippen LogP contribution in [0.3, 0.4) is 0 Å². The first kappa shape index (κ1) is 22.5. The van der Waals surface area contributed by atoms with E-state index >= 15 is 0 Å². The zero-order valence-electron chi connectivity index (χ0n) is 15.9. The number of amides is 1. The summed E-state index contributed by atoms with van der Waals surface area (Å²) in [4.78, 5) is 20.1. The number of nitrogens with two attached hydrogens (primary N) is 1. The summed E-state index contributed by atoms with van der Waals surface area (Å²) in [5.74, 6) is 1.06. The smallest absolute Gasteiger partial charge is 0.217 e. The summed E-state index contributed by atoms with van der Waals surface area (Å²) in [5.41, 5.74) is 6.58. The molecule has 1 aliphatic heterocycles. The Labute approximate surface area is 174 Å². The number of carbonyl (C=O) groups excluding carboxylic acids is 1. The minimum atomic E-state index is -0.209. The number of nitrogens with one attached hydrogen (secondary N) is 1. The molecule has 1 fully saturated rings. The van der Waals surface area contributed by atoms with E-state index in [0.29, 0.717) is 12.3 Å². The van der Waals surface area contributed by atoms with Gasteiger partial charge in [0.05, 0.1) is 0 Å². The topological polar surface area (TPSA) is 74.0 Å². The van der Waals surface area contributed by atoms with Crippen LogP contribution < -0.4 is 16.0 Å². The van der Waals surface area contributed by atoms with E-state index in [4.69, 9.17) is 5.73 Å². The van der Waals surface area contributed by atoms with Crippen molar-refractivity contribution in [2.75, 3.05) is 45.2 Å². The number of aliphatic imine (C=N–C) groups is 1. The van der Waals surface area contributed by atoms with Gasteiger partial charge in [0.1, 0.15) is 0 Å². The number of para-hydroxylation sites is 1. The highest BCUT2D eigenvalue weighted by Gasteiger charge is 2.23. The summed E-state index contributed by atoms with van der Waals surface area (Å²) in [6.07, 6.45) is 3.64. The van der Waals surface area contributed by atoms with Gasteiger partial charge in [-0.3, -0.25) is 9.79 Å². The van der Waals surface area contributed by atoms with Gasteiger partial charge in [0.25, 0.3) is 0 Å². The van der Waals surface area contributed by atoms with Crippen LogP contribution in [0.5, 0.6) is 0 Å². The maximum absolute atomic E-state index is 11.2. The molecule has 1 aromatic carbocycles. The highest BCUT2D eigenvalue weighted by Crippen LogP contribution is 2.19. The number of primary amides is 1. The largest absolute Gasteiger partial charge is 0.375 e. The van der Waals surface area contributed by atoms with Gasteiger partial charge in [-0.2, -0.15) is 0 Å². The average molecular weight is 473 g/mol. The molecule has 1 aliphatic rings. The molecule has 0 aromatic heterocycles. The molecule has 2 rings (SSSR count). The van der Waals surface area contributed by atoms with Crippen LogP contribution in [-0.2, 0) is 4.79 Å². The first-order valence-corrected chi connectivity index (χ1v) is 9.10. The van der Waals surface area contributed by atoms with Gasteiger partial charge in [0.15, 0.2) is 5.96 Å². The van der Waals surface area contributed by atoms with Crippen LogP contribution in [0.15, 0.2) is 35.3 Å². The normalized spacial score (nSPS) is 17.4. The van der Waals surface area contributed by atoms with Crippen molar-refractivity contribution in [1.29, 1.82) is 0 Å². The van der Waals surface area contributed by atoms with Crippen LogP contribution in [0, 0.1) is 5.92 Å². The van der Waals surface area contributed by atoms with E-state index in [9.17, 15) is 4.79 Å². The Morgan fingerprint density at radius 1 is 1.38 bits per heavy atom. The molecule has 1 unspecified atom stereocenters. The van der Waals surface area contributed by atoms with Crippen molar-refractivity contribution in [2.45, 2.75) is 25.7 Å². The van der Waals surface area contributed by atoms with Gasteiger partial charge in [-0.25, -0.2) is 0 Å². The molecule has 1 saturated heterocycles. The number of likely N-dealkylation sites (tertiary alicyclic amines) is 1. The fraction of sp³-hybridized carbons (Fsp3) is 0.579. The zero-order valence-corrected chi connectivity index (χ0v) is 18.2. The van der Waals surface area contributed by atoms with Crippen molar-refractivity contribution < 1.29 is 4.79 Å². The first-order chi connectivity index (χ1) is 12.1. The summed E-state index contributed by atoms with van der Waals surface area (Å²) >= 11 is 0. The van der Waals surface area contributed by atoms with E-state index in [1.54, 1.807) is 0 Å². The molecule has 146 valence electrons. The monoisotopic (exact) mass is 473 g/mol. The third-order valence-corrected chi connectivity index (χ3v) is 4.67. The predicted octanol–water partition coefficient (Wildman–Crippen LogP) is 2.29. The van der Waals surface area contributed by atoms with Gasteiger partial charge in [0.2, 0.25) is 5.91 Å². The summed E-state index contributed by atoms with van der Waals surface area (Å²) in [7, 11) is 3.93.